The average molecular weight is 458 g/mol. The zero-order valence-corrected chi connectivity index (χ0v) is 19.4. The number of esters is 1. The first kappa shape index (κ1) is 22.6. The number of carbonyl (C=O) groups excluding carboxylic acids is 1. The van der Waals surface area contributed by atoms with Gasteiger partial charge in [0.15, 0.2) is 0 Å². The van der Waals surface area contributed by atoms with Crippen molar-refractivity contribution in [3.63, 3.8) is 0 Å². The zero-order valence-electron chi connectivity index (χ0n) is 19.4. The summed E-state index contributed by atoms with van der Waals surface area (Å²) >= 11 is 0. The van der Waals surface area contributed by atoms with Crippen LogP contribution >= 0.6 is 0 Å². The Labute approximate surface area is 200 Å². The number of β-amino-alcohol motifs (C(OH)–C–C–N with tert-alkyl or cyclic N) is 1. The highest BCUT2D eigenvalue weighted by atomic mass is 16.5. The van der Waals surface area contributed by atoms with E-state index in [1.165, 1.54) is 16.3 Å². The molecule has 1 N–H and O–H groups in total. The predicted octanol–water partition coefficient (Wildman–Crippen LogP) is 5.14. The molecule has 34 heavy (non-hydrogen) atoms. The first-order valence-electron chi connectivity index (χ1n) is 12.2. The lowest BCUT2D eigenvalue weighted by molar-refractivity contribution is -0.135. The van der Waals surface area contributed by atoms with E-state index in [0.717, 1.165) is 31.5 Å². The van der Waals surface area contributed by atoms with Crippen molar-refractivity contribution in [3.8, 4) is 5.75 Å². The molecule has 2 saturated heterocycles. The molecule has 0 radical (unpaired) electrons. The Balaban J connectivity index is 1.12. The van der Waals surface area contributed by atoms with Crippen LogP contribution in [0, 0.1) is 0 Å². The van der Waals surface area contributed by atoms with Crippen molar-refractivity contribution in [1.29, 1.82) is 0 Å². The first-order chi connectivity index (χ1) is 16.6. The van der Waals surface area contributed by atoms with Gasteiger partial charge in [0.2, 0.25) is 0 Å². The van der Waals surface area contributed by atoms with Gasteiger partial charge in [-0.3, -0.25) is 4.79 Å². The number of para-hydroxylation sites is 1. The molecule has 0 amide bonds. The van der Waals surface area contributed by atoms with Crippen LogP contribution in [0.2, 0.25) is 0 Å². The number of piperidine rings is 1. The Morgan fingerprint density at radius 1 is 1.00 bits per heavy atom. The van der Waals surface area contributed by atoms with Gasteiger partial charge in [-0.2, -0.15) is 0 Å². The molecule has 3 aromatic carbocycles. The third kappa shape index (κ3) is 5.49. The monoisotopic (exact) mass is 457 g/mol. The lowest BCUT2D eigenvalue weighted by Gasteiger charge is -2.33. The van der Waals surface area contributed by atoms with E-state index in [9.17, 15) is 9.90 Å². The van der Waals surface area contributed by atoms with Gasteiger partial charge in [0, 0.05) is 18.5 Å². The average Bonchev–Trinajstić information content (AvgIpc) is 3.28. The standard InChI is InChI=1S/C29H31NO4/c31-26(20-33-28-8-4-3-7-25(28)18-27-11-12-29(32)34-27)19-30-15-13-22(14-16-30)24-10-9-21-5-1-2-6-23(21)17-24/h1-10,17-18,22,26,31H,11-16,19-20H2. The fourth-order valence-corrected chi connectivity index (χ4v) is 4.93. The van der Waals surface area contributed by atoms with Crippen LogP contribution in [0.15, 0.2) is 72.5 Å². The SMILES string of the molecule is O=C1CCC(=Cc2ccccc2OCC(O)CN2CCC(c3ccc4ccccc4c3)CC2)O1. The third-order valence-electron chi connectivity index (χ3n) is 6.79. The second-order valence-corrected chi connectivity index (χ2v) is 9.27. The Morgan fingerprint density at radius 3 is 2.56 bits per heavy atom. The molecule has 5 rings (SSSR count). The predicted molar refractivity (Wildman–Crippen MR) is 134 cm³/mol. The molecule has 5 heteroatoms. The zero-order chi connectivity index (χ0) is 23.3. The van der Waals surface area contributed by atoms with Crippen LogP contribution in [0.1, 0.15) is 42.7 Å². The minimum Gasteiger partial charge on any atom is -0.490 e. The molecule has 3 aromatic rings. The fourth-order valence-electron chi connectivity index (χ4n) is 4.93. The number of ether oxygens (including phenoxy) is 2. The van der Waals surface area contributed by atoms with Crippen LogP contribution < -0.4 is 4.74 Å². The maximum absolute atomic E-state index is 11.4. The Hall–Kier alpha value is -3.15. The molecule has 0 aliphatic carbocycles. The largest absolute Gasteiger partial charge is 0.490 e. The van der Waals surface area contributed by atoms with Gasteiger partial charge in [0.05, 0.1) is 6.42 Å². The molecule has 0 bridgehead atoms. The van der Waals surface area contributed by atoms with E-state index in [1.807, 2.05) is 30.3 Å². The number of hydrogen-bond acceptors (Lipinski definition) is 5. The normalized spacial score (nSPS) is 19.4. The number of likely N-dealkylation sites (tertiary alicyclic amines) is 1. The lowest BCUT2D eigenvalue weighted by Crippen LogP contribution is -2.40. The van der Waals surface area contributed by atoms with Gasteiger partial charge in [-0.25, -0.2) is 0 Å². The van der Waals surface area contributed by atoms with Crippen LogP contribution in [-0.4, -0.2) is 48.3 Å². The highest BCUT2D eigenvalue weighted by Gasteiger charge is 2.23. The number of aliphatic hydroxyl groups is 1. The van der Waals surface area contributed by atoms with E-state index in [-0.39, 0.29) is 12.6 Å². The molecule has 2 heterocycles. The molecule has 1 atom stereocenters. The van der Waals surface area contributed by atoms with Gasteiger partial charge < -0.3 is 19.5 Å². The Morgan fingerprint density at radius 2 is 1.76 bits per heavy atom. The number of rotatable bonds is 7. The number of aliphatic hydroxyl groups excluding tert-OH is 1. The second kappa shape index (κ2) is 10.4. The van der Waals surface area contributed by atoms with E-state index in [4.69, 9.17) is 9.47 Å². The number of carbonyl (C=O) groups is 1. The molecule has 176 valence electrons. The van der Waals surface area contributed by atoms with Crippen LogP contribution in [0.4, 0.5) is 0 Å². The molecule has 0 aromatic heterocycles. The fraction of sp³-hybridized carbons (Fsp3) is 0.345. The van der Waals surface area contributed by atoms with Gasteiger partial charge in [-0.1, -0.05) is 60.7 Å². The van der Waals surface area contributed by atoms with E-state index in [1.54, 1.807) is 0 Å². The van der Waals surface area contributed by atoms with Crippen LogP contribution in [0.25, 0.3) is 16.8 Å². The Kier molecular flexibility index (Phi) is 6.93. The molecule has 2 fully saturated rings. The summed E-state index contributed by atoms with van der Waals surface area (Å²) in [4.78, 5) is 13.7. The minimum atomic E-state index is -0.567. The summed E-state index contributed by atoms with van der Waals surface area (Å²) in [6, 6.07) is 23.0. The third-order valence-corrected chi connectivity index (χ3v) is 6.79. The summed E-state index contributed by atoms with van der Waals surface area (Å²) in [7, 11) is 0. The highest BCUT2D eigenvalue weighted by Crippen LogP contribution is 2.30. The smallest absolute Gasteiger partial charge is 0.311 e. The molecular weight excluding hydrogens is 426 g/mol. The molecule has 1 unspecified atom stereocenters. The number of cyclic esters (lactones) is 1. The second-order valence-electron chi connectivity index (χ2n) is 9.27. The van der Waals surface area contributed by atoms with Crippen molar-refractivity contribution >= 4 is 22.8 Å². The van der Waals surface area contributed by atoms with Crippen molar-refractivity contribution in [1.82, 2.24) is 4.90 Å². The van der Waals surface area contributed by atoms with E-state index >= 15 is 0 Å². The maximum Gasteiger partial charge on any atom is 0.311 e. The van der Waals surface area contributed by atoms with Crippen molar-refractivity contribution in [2.24, 2.45) is 0 Å². The lowest BCUT2D eigenvalue weighted by atomic mass is 9.88. The minimum absolute atomic E-state index is 0.190. The van der Waals surface area contributed by atoms with Crippen LogP contribution in [0.3, 0.4) is 0 Å². The number of benzene rings is 3. The summed E-state index contributed by atoms with van der Waals surface area (Å²) < 4.78 is 11.2. The van der Waals surface area contributed by atoms with Crippen LogP contribution in [0.5, 0.6) is 5.75 Å². The van der Waals surface area contributed by atoms with Crippen molar-refractivity contribution in [3.05, 3.63) is 83.6 Å². The number of allylic oxidation sites excluding steroid dienone is 1. The van der Waals surface area contributed by atoms with Gasteiger partial charge in [0.1, 0.15) is 24.2 Å². The molecule has 5 nitrogen and oxygen atoms in total. The van der Waals surface area contributed by atoms with Gasteiger partial charge in [-0.05, 0) is 60.3 Å². The summed E-state index contributed by atoms with van der Waals surface area (Å²) in [5, 5.41) is 13.2. The number of fused-ring (bicyclic) bond motifs is 1. The van der Waals surface area contributed by atoms with Crippen molar-refractivity contribution < 1.29 is 19.4 Å². The van der Waals surface area contributed by atoms with Crippen molar-refractivity contribution in [2.45, 2.75) is 37.7 Å². The molecule has 0 spiro atoms. The van der Waals surface area contributed by atoms with Gasteiger partial charge >= 0.3 is 5.97 Å². The highest BCUT2D eigenvalue weighted by molar-refractivity contribution is 5.83. The number of nitrogens with zero attached hydrogens (tertiary/aromatic N) is 1. The van der Waals surface area contributed by atoms with E-state index in [2.05, 4.69) is 47.4 Å². The molecular formula is C29H31NO4. The summed E-state index contributed by atoms with van der Waals surface area (Å²) in [5.41, 5.74) is 2.27. The quantitative estimate of drug-likeness (QED) is 0.498. The van der Waals surface area contributed by atoms with Gasteiger partial charge in [0.25, 0.3) is 0 Å². The topological polar surface area (TPSA) is 59.0 Å². The molecule has 0 saturated carbocycles. The number of hydrogen-bond donors (Lipinski definition) is 1. The van der Waals surface area contributed by atoms with Crippen LogP contribution in [-0.2, 0) is 9.53 Å². The van der Waals surface area contributed by atoms with E-state index < -0.39 is 6.10 Å². The summed E-state index contributed by atoms with van der Waals surface area (Å²) in [5.74, 6) is 1.73. The summed E-state index contributed by atoms with van der Waals surface area (Å²) in [6.07, 6.45) is 4.52. The van der Waals surface area contributed by atoms with E-state index in [0.29, 0.717) is 36.8 Å². The van der Waals surface area contributed by atoms with Crippen molar-refractivity contribution in [2.75, 3.05) is 26.2 Å². The molecule has 2 aliphatic rings. The van der Waals surface area contributed by atoms with Gasteiger partial charge in [-0.15, -0.1) is 0 Å². The first-order valence-corrected chi connectivity index (χ1v) is 12.2. The summed E-state index contributed by atoms with van der Waals surface area (Å²) in [6.45, 7) is 2.78. The maximum atomic E-state index is 11.4. The molecule has 2 aliphatic heterocycles. The Bertz CT molecular complexity index is 1180.